The van der Waals surface area contributed by atoms with Crippen molar-refractivity contribution in [2.24, 2.45) is 23.7 Å². The molecular weight excluding hydrogens is 867 g/mol. The van der Waals surface area contributed by atoms with Gasteiger partial charge in [-0.2, -0.15) is 0 Å². The summed E-state index contributed by atoms with van der Waals surface area (Å²) < 4.78 is 22.1. The number of hydrogen-bond acceptors (Lipinski definition) is 11. The molecule has 6 saturated heterocycles. The molecule has 6 aliphatic heterocycles. The summed E-state index contributed by atoms with van der Waals surface area (Å²) in [5.41, 5.74) is 3.22. The molecule has 362 valence electrons. The van der Waals surface area contributed by atoms with Crippen molar-refractivity contribution in [1.29, 1.82) is 0 Å². The molecular formula is C50H76Cl2N6O7. The molecule has 15 heteroatoms. The Morgan fingerprint density at radius 1 is 0.738 bits per heavy atom. The summed E-state index contributed by atoms with van der Waals surface area (Å²) in [5, 5.41) is 4.81. The highest BCUT2D eigenvalue weighted by Crippen LogP contribution is 2.38. The molecule has 8 rings (SSSR count). The van der Waals surface area contributed by atoms with Crippen molar-refractivity contribution < 1.29 is 33.3 Å². The topological polar surface area (TPSA) is 116 Å². The van der Waals surface area contributed by atoms with Crippen molar-refractivity contribution in [2.45, 2.75) is 123 Å². The molecule has 6 aliphatic rings. The lowest BCUT2D eigenvalue weighted by Gasteiger charge is -2.41. The van der Waals surface area contributed by atoms with Gasteiger partial charge in [-0.15, -0.1) is 0 Å². The maximum absolute atomic E-state index is 12.5. The summed E-state index contributed by atoms with van der Waals surface area (Å²) in [5.74, 6) is 2.50. The molecule has 2 amide bonds. The van der Waals surface area contributed by atoms with E-state index >= 15 is 0 Å². The largest absolute Gasteiger partial charge is 0.444 e. The second-order valence-corrected chi connectivity index (χ2v) is 22.0. The van der Waals surface area contributed by atoms with Crippen molar-refractivity contribution >= 4 is 53.0 Å². The number of rotatable bonds is 7. The Bertz CT molecular complexity index is 1900. The first kappa shape index (κ1) is 51.1. The lowest BCUT2D eigenvalue weighted by Crippen LogP contribution is -2.51. The molecule has 2 aromatic carbocycles. The molecule has 8 atom stereocenters. The summed E-state index contributed by atoms with van der Waals surface area (Å²) >= 11 is 12.8. The molecule has 13 nitrogen and oxygen atoms in total. The first-order valence-electron chi connectivity index (χ1n) is 23.8. The number of amides is 2. The highest BCUT2D eigenvalue weighted by molar-refractivity contribution is 6.33. The molecule has 6 heterocycles. The molecule has 6 fully saturated rings. The van der Waals surface area contributed by atoms with Gasteiger partial charge in [0.2, 0.25) is 0 Å². The summed E-state index contributed by atoms with van der Waals surface area (Å²) in [6.45, 7) is 25.5. The van der Waals surface area contributed by atoms with Gasteiger partial charge in [-0.3, -0.25) is 9.69 Å². The number of carbonyl (C=O) groups is 3. The van der Waals surface area contributed by atoms with Gasteiger partial charge in [0.15, 0.2) is 0 Å². The summed E-state index contributed by atoms with van der Waals surface area (Å²) in [6.07, 6.45) is 4.38. The Labute approximate surface area is 398 Å². The van der Waals surface area contributed by atoms with Gasteiger partial charge in [-0.05, 0) is 125 Å². The molecule has 0 bridgehead atoms. The quantitative estimate of drug-likeness (QED) is 0.269. The van der Waals surface area contributed by atoms with Crippen LogP contribution in [0.5, 0.6) is 0 Å². The molecule has 0 saturated carbocycles. The minimum absolute atomic E-state index is 0.165. The second kappa shape index (κ2) is 22.2. The monoisotopic (exact) mass is 943 g/mol. The van der Waals surface area contributed by atoms with Crippen molar-refractivity contribution in [3.63, 3.8) is 0 Å². The average Bonchev–Trinajstić information content (AvgIpc) is 4.04. The van der Waals surface area contributed by atoms with E-state index in [2.05, 4.69) is 53.0 Å². The first-order valence-corrected chi connectivity index (χ1v) is 24.5. The van der Waals surface area contributed by atoms with Crippen LogP contribution in [0.4, 0.5) is 21.0 Å². The zero-order valence-corrected chi connectivity index (χ0v) is 42.1. The van der Waals surface area contributed by atoms with Gasteiger partial charge in [0, 0.05) is 99.2 Å². The van der Waals surface area contributed by atoms with Gasteiger partial charge < -0.3 is 43.9 Å². The number of nitrogens with one attached hydrogen (secondary N) is 1. The fraction of sp³-hybridized carbons (Fsp3) is 0.700. The number of benzene rings is 2. The maximum Gasteiger partial charge on any atom is 0.410 e. The fourth-order valence-electron chi connectivity index (χ4n) is 10.1. The lowest BCUT2D eigenvalue weighted by molar-refractivity contribution is 0.00261. The van der Waals surface area contributed by atoms with Crippen LogP contribution in [-0.2, 0) is 25.5 Å². The van der Waals surface area contributed by atoms with E-state index in [0.717, 1.165) is 126 Å². The van der Waals surface area contributed by atoms with Crippen LogP contribution in [0, 0.1) is 23.7 Å². The summed E-state index contributed by atoms with van der Waals surface area (Å²) in [6, 6.07) is 13.2. The second-order valence-electron chi connectivity index (χ2n) is 21.2. The van der Waals surface area contributed by atoms with Crippen LogP contribution in [-0.4, -0.2) is 148 Å². The van der Waals surface area contributed by atoms with Crippen LogP contribution in [0.15, 0.2) is 36.4 Å². The first-order chi connectivity index (χ1) is 30.7. The number of anilines is 2. The Hall–Kier alpha value is -3.33. The van der Waals surface area contributed by atoms with Crippen LogP contribution in [0.3, 0.4) is 0 Å². The molecule has 0 aromatic heterocycles. The van der Waals surface area contributed by atoms with E-state index in [0.29, 0.717) is 41.3 Å². The van der Waals surface area contributed by atoms with Crippen molar-refractivity contribution in [3.8, 4) is 0 Å². The van der Waals surface area contributed by atoms with E-state index < -0.39 is 11.2 Å². The minimum Gasteiger partial charge on any atom is -0.444 e. The lowest BCUT2D eigenvalue weighted by atomic mass is 9.97. The number of carbonyl (C=O) groups excluding carboxylic acids is 3. The Kier molecular flexibility index (Phi) is 17.4. The standard InChI is InChI=1S/C25H38ClN3O3.C13H14ClNO2.C12H24N2O2/c1-17-10-21(8-9-29(17)24(30)32-25(2,3)4)27(5)12-18-6-7-22(26)23(11-18)28-13-19-15-31-16-20(19)14-28;14-12-2-1-9(6-16)3-13(12)15-4-10-7-17-8-11(10)5-15;1-9-8-10(13-5)6-7-14(9)11(15)16-12(2,3)4/h6-7,11,17,19-21H,8-10,12-16H2,1-5H3;1-3,6,10-11H,4-5,7-8H2;9-10,13H,6-8H2,1-5H3/t17-,19?,20?,21-;;9-,10-/m1.1/s1. The number of fused-ring (bicyclic) bond motifs is 2. The third-order valence-electron chi connectivity index (χ3n) is 13.7. The van der Waals surface area contributed by atoms with Gasteiger partial charge in [0.1, 0.15) is 17.5 Å². The van der Waals surface area contributed by atoms with Gasteiger partial charge in [0.25, 0.3) is 0 Å². The van der Waals surface area contributed by atoms with Crippen LogP contribution in [0.1, 0.15) is 97.0 Å². The number of piperidine rings is 2. The predicted molar refractivity (Wildman–Crippen MR) is 260 cm³/mol. The zero-order valence-electron chi connectivity index (χ0n) is 40.6. The summed E-state index contributed by atoms with van der Waals surface area (Å²) in [4.78, 5) is 46.1. The molecule has 4 unspecified atom stereocenters. The SMILES string of the molecule is CN[C@@H]1CCN(C(=O)OC(C)(C)C)[C@H](C)C1.C[C@@H]1C[C@H](N(C)Cc2ccc(Cl)c(N3CC4COCC4C3)c2)CCN1C(=O)OC(C)(C)C.O=Cc1ccc(Cl)c(N2CC3COCC3C2)c1. The van der Waals surface area contributed by atoms with Crippen LogP contribution in [0.25, 0.3) is 0 Å². The average molecular weight is 944 g/mol. The van der Waals surface area contributed by atoms with E-state index in [1.165, 1.54) is 5.56 Å². The number of hydrogen-bond donors (Lipinski definition) is 1. The number of ether oxygens (including phenoxy) is 4. The van der Waals surface area contributed by atoms with Gasteiger partial charge in [-0.1, -0.05) is 35.3 Å². The highest BCUT2D eigenvalue weighted by atomic mass is 35.5. The molecule has 2 aromatic rings. The van der Waals surface area contributed by atoms with Gasteiger partial charge in [0.05, 0.1) is 47.8 Å². The third kappa shape index (κ3) is 13.9. The van der Waals surface area contributed by atoms with Crippen LogP contribution in [0.2, 0.25) is 10.0 Å². The van der Waals surface area contributed by atoms with Gasteiger partial charge in [-0.25, -0.2) is 9.59 Å². The Morgan fingerprint density at radius 2 is 1.20 bits per heavy atom. The molecule has 0 aliphatic carbocycles. The minimum atomic E-state index is -0.461. The van der Waals surface area contributed by atoms with Crippen LogP contribution >= 0.6 is 23.2 Å². The summed E-state index contributed by atoms with van der Waals surface area (Å²) in [7, 11) is 4.16. The highest BCUT2D eigenvalue weighted by Gasteiger charge is 2.39. The van der Waals surface area contributed by atoms with Gasteiger partial charge >= 0.3 is 12.2 Å². The van der Waals surface area contributed by atoms with Crippen LogP contribution < -0.4 is 15.1 Å². The van der Waals surface area contributed by atoms with Crippen molar-refractivity contribution in [3.05, 3.63) is 57.6 Å². The molecule has 0 radical (unpaired) electrons. The Morgan fingerprint density at radius 3 is 1.65 bits per heavy atom. The van der Waals surface area contributed by atoms with E-state index in [1.807, 2.05) is 70.5 Å². The number of halogens is 2. The third-order valence-corrected chi connectivity index (χ3v) is 14.4. The van der Waals surface area contributed by atoms with E-state index in [4.69, 9.17) is 42.1 Å². The zero-order chi connectivity index (χ0) is 47.2. The maximum atomic E-state index is 12.5. The molecule has 65 heavy (non-hydrogen) atoms. The van der Waals surface area contributed by atoms with E-state index in [-0.39, 0.29) is 24.3 Å². The fourth-order valence-corrected chi connectivity index (χ4v) is 10.6. The number of aldehydes is 1. The number of likely N-dealkylation sites (tertiary alicyclic amines) is 2. The number of nitrogens with zero attached hydrogens (tertiary/aromatic N) is 5. The van der Waals surface area contributed by atoms with Crippen molar-refractivity contribution in [2.75, 3.05) is 89.6 Å². The normalized spacial score (nSPS) is 27.6. The molecule has 0 spiro atoms. The van der Waals surface area contributed by atoms with Crippen molar-refractivity contribution in [1.82, 2.24) is 20.0 Å². The van der Waals surface area contributed by atoms with E-state index in [9.17, 15) is 14.4 Å². The predicted octanol–water partition coefficient (Wildman–Crippen LogP) is 8.87. The smallest absolute Gasteiger partial charge is 0.410 e. The molecule has 1 N–H and O–H groups in total. The Balaban J connectivity index is 0.000000178. The van der Waals surface area contributed by atoms with E-state index in [1.54, 1.807) is 12.1 Å².